The number of benzene rings is 1. The van der Waals surface area contributed by atoms with Crippen molar-refractivity contribution in [3.8, 4) is 11.3 Å². The van der Waals surface area contributed by atoms with Crippen molar-refractivity contribution in [3.05, 3.63) is 52.0 Å². The second-order valence-corrected chi connectivity index (χ2v) is 3.83. The molecule has 0 aliphatic heterocycles. The second kappa shape index (κ2) is 4.81. The van der Waals surface area contributed by atoms with Gasteiger partial charge in [-0.05, 0) is 25.1 Å². The molecule has 2 aromatic rings. The van der Waals surface area contributed by atoms with Crippen LogP contribution in [0.1, 0.15) is 16.3 Å². The molecule has 1 aromatic heterocycles. The molecule has 0 fully saturated rings. The molecule has 1 aromatic carbocycles. The Morgan fingerprint density at radius 2 is 1.89 bits per heavy atom. The Morgan fingerprint density at radius 1 is 1.26 bits per heavy atom. The molecule has 2 rings (SSSR count). The van der Waals surface area contributed by atoms with Crippen LogP contribution in [-0.2, 0) is 0 Å². The number of carbonyl (C=O) groups is 1. The lowest BCUT2D eigenvalue weighted by Crippen LogP contribution is -2.06. The highest BCUT2D eigenvalue weighted by Crippen LogP contribution is 2.21. The third-order valence-corrected chi connectivity index (χ3v) is 2.42. The van der Waals surface area contributed by atoms with Crippen LogP contribution in [-0.4, -0.2) is 26.0 Å². The van der Waals surface area contributed by atoms with Crippen molar-refractivity contribution in [3.63, 3.8) is 0 Å². The number of nitrogens with zero attached hydrogens (tertiary/aromatic N) is 3. The average molecular weight is 259 g/mol. The van der Waals surface area contributed by atoms with E-state index in [0.29, 0.717) is 17.0 Å². The molecule has 0 saturated heterocycles. The van der Waals surface area contributed by atoms with Gasteiger partial charge in [0.25, 0.3) is 5.69 Å². The van der Waals surface area contributed by atoms with Crippen LogP contribution < -0.4 is 0 Å². The Balaban J connectivity index is 2.46. The summed E-state index contributed by atoms with van der Waals surface area (Å²) in [5, 5.41) is 19.4. The molecule has 0 spiro atoms. The van der Waals surface area contributed by atoms with E-state index < -0.39 is 10.9 Å². The summed E-state index contributed by atoms with van der Waals surface area (Å²) in [5.41, 5.74) is 1.49. The van der Waals surface area contributed by atoms with E-state index in [4.69, 9.17) is 5.11 Å². The zero-order valence-electron chi connectivity index (χ0n) is 9.90. The summed E-state index contributed by atoms with van der Waals surface area (Å²) in [4.78, 5) is 28.6. The molecular formula is C12H9N3O4. The van der Waals surface area contributed by atoms with E-state index in [9.17, 15) is 14.9 Å². The summed E-state index contributed by atoms with van der Waals surface area (Å²) < 4.78 is 0. The third-order valence-electron chi connectivity index (χ3n) is 2.42. The lowest BCUT2D eigenvalue weighted by molar-refractivity contribution is -0.384. The van der Waals surface area contributed by atoms with Crippen LogP contribution in [0.5, 0.6) is 0 Å². The number of hydrogen-bond donors (Lipinski definition) is 1. The van der Waals surface area contributed by atoms with Gasteiger partial charge in [-0.25, -0.2) is 14.8 Å². The van der Waals surface area contributed by atoms with E-state index in [-0.39, 0.29) is 11.5 Å². The Hall–Kier alpha value is -2.83. The van der Waals surface area contributed by atoms with Gasteiger partial charge < -0.3 is 5.11 Å². The minimum absolute atomic E-state index is 0.0343. The van der Waals surface area contributed by atoms with Crippen molar-refractivity contribution >= 4 is 11.7 Å². The van der Waals surface area contributed by atoms with E-state index in [2.05, 4.69) is 9.97 Å². The van der Waals surface area contributed by atoms with Gasteiger partial charge in [-0.2, -0.15) is 0 Å². The molecule has 0 radical (unpaired) electrons. The van der Waals surface area contributed by atoms with E-state index in [1.807, 2.05) is 0 Å². The van der Waals surface area contributed by atoms with Crippen LogP contribution in [0, 0.1) is 17.0 Å². The molecular weight excluding hydrogens is 250 g/mol. The maximum absolute atomic E-state index is 10.9. The van der Waals surface area contributed by atoms with Crippen molar-refractivity contribution in [1.29, 1.82) is 0 Å². The molecule has 0 bridgehead atoms. The molecule has 1 N–H and O–H groups in total. The molecule has 1 heterocycles. The number of aryl methyl sites for hydroxylation is 1. The molecule has 0 atom stereocenters. The quantitative estimate of drug-likeness (QED) is 0.667. The van der Waals surface area contributed by atoms with Crippen LogP contribution in [0.4, 0.5) is 5.69 Å². The zero-order valence-corrected chi connectivity index (χ0v) is 9.90. The van der Waals surface area contributed by atoms with Gasteiger partial charge in [0.15, 0.2) is 0 Å². The molecule has 96 valence electrons. The summed E-state index contributed by atoms with van der Waals surface area (Å²) in [5.74, 6) is -1.51. The van der Waals surface area contributed by atoms with Crippen molar-refractivity contribution in [2.75, 3.05) is 0 Å². The zero-order chi connectivity index (χ0) is 14.0. The summed E-state index contributed by atoms with van der Waals surface area (Å²) in [7, 11) is 0. The largest absolute Gasteiger partial charge is 0.475 e. The Bertz CT molecular complexity index is 653. The number of hydrogen-bond acceptors (Lipinski definition) is 5. The second-order valence-electron chi connectivity index (χ2n) is 3.83. The van der Waals surface area contributed by atoms with Gasteiger partial charge in [-0.15, -0.1) is 0 Å². The molecule has 19 heavy (non-hydrogen) atoms. The van der Waals surface area contributed by atoms with E-state index in [1.165, 1.54) is 24.3 Å². The maximum Gasteiger partial charge on any atom is 0.373 e. The molecule has 0 aliphatic rings. The van der Waals surface area contributed by atoms with Crippen molar-refractivity contribution in [2.24, 2.45) is 0 Å². The Kier molecular flexibility index (Phi) is 3.19. The first kappa shape index (κ1) is 12.6. The van der Waals surface area contributed by atoms with Crippen LogP contribution in [0.3, 0.4) is 0 Å². The number of non-ortho nitro benzene ring substituents is 1. The third kappa shape index (κ3) is 2.71. The number of rotatable bonds is 3. The molecule has 0 saturated carbocycles. The van der Waals surface area contributed by atoms with E-state index in [0.717, 1.165) is 0 Å². The Morgan fingerprint density at radius 3 is 2.42 bits per heavy atom. The minimum Gasteiger partial charge on any atom is -0.475 e. The first-order valence-corrected chi connectivity index (χ1v) is 5.31. The molecule has 0 unspecified atom stereocenters. The standard InChI is InChI=1S/C12H9N3O4/c1-7-6-10(14-11(13-7)12(16)17)8-2-4-9(5-3-8)15(18)19/h2-6H,1H3,(H,16,17). The lowest BCUT2D eigenvalue weighted by Gasteiger charge is -2.03. The molecule has 0 aliphatic carbocycles. The number of carboxylic acids is 1. The lowest BCUT2D eigenvalue weighted by atomic mass is 10.1. The minimum atomic E-state index is -1.22. The number of nitro benzene ring substituents is 1. The van der Waals surface area contributed by atoms with Crippen molar-refractivity contribution in [2.45, 2.75) is 6.92 Å². The van der Waals surface area contributed by atoms with Gasteiger partial charge in [0, 0.05) is 23.4 Å². The fourth-order valence-corrected chi connectivity index (χ4v) is 1.57. The van der Waals surface area contributed by atoms with Gasteiger partial charge in [-0.1, -0.05) is 0 Å². The normalized spacial score (nSPS) is 10.2. The van der Waals surface area contributed by atoms with Gasteiger partial charge >= 0.3 is 5.97 Å². The summed E-state index contributed by atoms with van der Waals surface area (Å²) in [6.45, 7) is 1.66. The molecule has 7 nitrogen and oxygen atoms in total. The van der Waals surface area contributed by atoms with E-state index in [1.54, 1.807) is 13.0 Å². The highest BCUT2D eigenvalue weighted by atomic mass is 16.6. The van der Waals surface area contributed by atoms with Gasteiger partial charge in [0.1, 0.15) is 0 Å². The smallest absolute Gasteiger partial charge is 0.373 e. The summed E-state index contributed by atoms with van der Waals surface area (Å²) in [6, 6.07) is 7.34. The first-order chi connectivity index (χ1) is 8.97. The van der Waals surface area contributed by atoms with Crippen molar-refractivity contribution < 1.29 is 14.8 Å². The summed E-state index contributed by atoms with van der Waals surface area (Å²) in [6.07, 6.45) is 0. The monoisotopic (exact) mass is 259 g/mol. The highest BCUT2D eigenvalue weighted by Gasteiger charge is 2.11. The predicted octanol–water partition coefficient (Wildman–Crippen LogP) is 2.06. The van der Waals surface area contributed by atoms with Crippen LogP contribution >= 0.6 is 0 Å². The Labute approximate surface area is 107 Å². The van der Waals surface area contributed by atoms with Crippen LogP contribution in [0.25, 0.3) is 11.3 Å². The van der Waals surface area contributed by atoms with Crippen molar-refractivity contribution in [1.82, 2.24) is 9.97 Å². The topological polar surface area (TPSA) is 106 Å². The first-order valence-electron chi connectivity index (χ1n) is 5.31. The summed E-state index contributed by atoms with van der Waals surface area (Å²) >= 11 is 0. The highest BCUT2D eigenvalue weighted by molar-refractivity contribution is 5.84. The van der Waals surface area contributed by atoms with Gasteiger partial charge in [-0.3, -0.25) is 10.1 Å². The fourth-order valence-electron chi connectivity index (χ4n) is 1.57. The number of aromatic nitrogens is 2. The van der Waals surface area contributed by atoms with Crippen LogP contribution in [0.15, 0.2) is 30.3 Å². The predicted molar refractivity (Wildman–Crippen MR) is 65.8 cm³/mol. The fraction of sp³-hybridized carbons (Fsp3) is 0.0833. The number of aromatic carboxylic acids is 1. The van der Waals surface area contributed by atoms with Crippen LogP contribution in [0.2, 0.25) is 0 Å². The average Bonchev–Trinajstić information content (AvgIpc) is 2.38. The SMILES string of the molecule is Cc1cc(-c2ccc([N+](=O)[O-])cc2)nc(C(=O)O)n1. The molecule has 0 amide bonds. The number of carboxylic acid groups (broad SMARTS) is 1. The molecule has 7 heteroatoms. The van der Waals surface area contributed by atoms with Gasteiger partial charge in [0.05, 0.1) is 10.6 Å². The maximum atomic E-state index is 10.9. The van der Waals surface area contributed by atoms with Gasteiger partial charge in [0.2, 0.25) is 5.82 Å². The number of nitro groups is 1. The van der Waals surface area contributed by atoms with E-state index >= 15 is 0 Å².